The van der Waals surface area contributed by atoms with Gasteiger partial charge in [0.2, 0.25) is 11.8 Å². The summed E-state index contributed by atoms with van der Waals surface area (Å²) >= 11 is 11.7. The first-order valence-corrected chi connectivity index (χ1v) is 5.12. The van der Waals surface area contributed by atoms with Gasteiger partial charge in [-0.3, -0.25) is 14.9 Å². The van der Waals surface area contributed by atoms with Crippen LogP contribution in [-0.4, -0.2) is 11.8 Å². The van der Waals surface area contributed by atoms with Crippen LogP contribution in [0.5, 0.6) is 0 Å². The van der Waals surface area contributed by atoms with Crippen molar-refractivity contribution in [1.82, 2.24) is 5.32 Å². The molecule has 0 radical (unpaired) electrons. The third-order valence-corrected chi connectivity index (χ3v) is 2.88. The van der Waals surface area contributed by atoms with Gasteiger partial charge in [0.05, 0.1) is 5.92 Å². The van der Waals surface area contributed by atoms with E-state index in [1.807, 2.05) is 0 Å². The van der Waals surface area contributed by atoms with E-state index < -0.39 is 5.92 Å². The fourth-order valence-electron chi connectivity index (χ4n) is 1.59. The molecule has 78 valence electrons. The Morgan fingerprint density at radius 1 is 1.27 bits per heavy atom. The Labute approximate surface area is 96.4 Å². The normalized spacial score (nSPS) is 20.5. The molecule has 15 heavy (non-hydrogen) atoms. The molecule has 5 heteroatoms. The van der Waals surface area contributed by atoms with Crippen molar-refractivity contribution < 1.29 is 9.59 Å². The largest absolute Gasteiger partial charge is 0.296 e. The second-order valence-corrected chi connectivity index (χ2v) is 4.18. The minimum Gasteiger partial charge on any atom is -0.296 e. The molecule has 0 bridgehead atoms. The van der Waals surface area contributed by atoms with Crippen LogP contribution in [-0.2, 0) is 9.59 Å². The van der Waals surface area contributed by atoms with Crippen LogP contribution in [0.25, 0.3) is 0 Å². The first-order valence-electron chi connectivity index (χ1n) is 4.36. The lowest BCUT2D eigenvalue weighted by molar-refractivity contribution is -0.125. The number of rotatable bonds is 1. The van der Waals surface area contributed by atoms with Crippen molar-refractivity contribution in [2.75, 3.05) is 0 Å². The molecule has 0 aromatic heterocycles. The molecule has 1 aromatic carbocycles. The average Bonchev–Trinajstić information content (AvgIpc) is 2.50. The zero-order chi connectivity index (χ0) is 11.0. The number of carbonyl (C=O) groups excluding carboxylic acids is 2. The van der Waals surface area contributed by atoms with E-state index in [-0.39, 0.29) is 18.2 Å². The molecule has 0 spiro atoms. The van der Waals surface area contributed by atoms with Gasteiger partial charge in [0.25, 0.3) is 0 Å². The number of nitrogens with one attached hydrogen (secondary N) is 1. The van der Waals surface area contributed by atoms with Gasteiger partial charge in [0, 0.05) is 16.5 Å². The molecule has 2 amide bonds. The maximum Gasteiger partial charge on any atom is 0.234 e. The van der Waals surface area contributed by atoms with Gasteiger partial charge in [-0.1, -0.05) is 23.2 Å². The topological polar surface area (TPSA) is 46.2 Å². The molecule has 3 nitrogen and oxygen atoms in total. The monoisotopic (exact) mass is 243 g/mol. The van der Waals surface area contributed by atoms with E-state index in [9.17, 15) is 9.59 Å². The zero-order valence-electron chi connectivity index (χ0n) is 7.59. The molecule has 0 aliphatic carbocycles. The third kappa shape index (κ3) is 1.98. The van der Waals surface area contributed by atoms with Crippen LogP contribution in [0.4, 0.5) is 0 Å². The molecular weight excluding hydrogens is 237 g/mol. The second-order valence-electron chi connectivity index (χ2n) is 3.33. The lowest BCUT2D eigenvalue weighted by Gasteiger charge is -2.08. The Kier molecular flexibility index (Phi) is 2.67. The van der Waals surface area contributed by atoms with Crippen LogP contribution in [0, 0.1) is 0 Å². The first-order chi connectivity index (χ1) is 7.08. The smallest absolute Gasteiger partial charge is 0.234 e. The molecule has 1 aromatic rings. The van der Waals surface area contributed by atoms with Gasteiger partial charge in [0.15, 0.2) is 0 Å². The van der Waals surface area contributed by atoms with Crippen LogP contribution < -0.4 is 5.32 Å². The minimum atomic E-state index is -0.510. The van der Waals surface area contributed by atoms with Crippen molar-refractivity contribution in [3.8, 4) is 0 Å². The third-order valence-electron chi connectivity index (χ3n) is 2.30. The SMILES string of the molecule is O=C1CC(c2cc(Cl)ccc2Cl)C(=O)N1. The Morgan fingerprint density at radius 3 is 2.60 bits per heavy atom. The van der Waals surface area contributed by atoms with Crippen molar-refractivity contribution in [3.63, 3.8) is 0 Å². The molecule has 1 unspecified atom stereocenters. The Morgan fingerprint density at radius 2 is 2.00 bits per heavy atom. The Balaban J connectivity index is 2.41. The fourth-order valence-corrected chi connectivity index (χ4v) is 2.02. The quantitative estimate of drug-likeness (QED) is 0.769. The van der Waals surface area contributed by atoms with Gasteiger partial charge >= 0.3 is 0 Å². The van der Waals surface area contributed by atoms with Crippen molar-refractivity contribution in [2.24, 2.45) is 0 Å². The number of imide groups is 1. The van der Waals surface area contributed by atoms with E-state index >= 15 is 0 Å². The van der Waals surface area contributed by atoms with Crippen molar-refractivity contribution in [1.29, 1.82) is 0 Å². The first kappa shape index (κ1) is 10.5. The lowest BCUT2D eigenvalue weighted by Crippen LogP contribution is -2.21. The van der Waals surface area contributed by atoms with Gasteiger partial charge in [-0.2, -0.15) is 0 Å². The number of hydrogen-bond donors (Lipinski definition) is 1. The molecule has 1 atom stereocenters. The summed E-state index contributed by atoms with van der Waals surface area (Å²) < 4.78 is 0. The highest BCUT2D eigenvalue weighted by Crippen LogP contribution is 2.32. The molecular formula is C10H7Cl2NO2. The van der Waals surface area contributed by atoms with Crippen LogP contribution >= 0.6 is 23.2 Å². The van der Waals surface area contributed by atoms with E-state index in [0.29, 0.717) is 15.6 Å². The molecule has 1 aliphatic heterocycles. The second kappa shape index (κ2) is 3.83. The van der Waals surface area contributed by atoms with E-state index in [1.165, 1.54) is 0 Å². The predicted octanol–water partition coefficient (Wildman–Crippen LogP) is 2.12. The van der Waals surface area contributed by atoms with Crippen molar-refractivity contribution in [2.45, 2.75) is 12.3 Å². The van der Waals surface area contributed by atoms with Gasteiger partial charge < -0.3 is 0 Å². The predicted molar refractivity (Wildman–Crippen MR) is 57.0 cm³/mol. The highest BCUT2D eigenvalue weighted by Gasteiger charge is 2.33. The Bertz CT molecular complexity index is 445. The summed E-state index contributed by atoms with van der Waals surface area (Å²) in [6.45, 7) is 0. The summed E-state index contributed by atoms with van der Waals surface area (Å²) in [5.41, 5.74) is 0.604. The zero-order valence-corrected chi connectivity index (χ0v) is 9.10. The van der Waals surface area contributed by atoms with Crippen LogP contribution in [0.3, 0.4) is 0 Å². The summed E-state index contributed by atoms with van der Waals surface area (Å²) in [5, 5.41) is 3.19. The van der Waals surface area contributed by atoms with Crippen molar-refractivity contribution >= 4 is 35.0 Å². The molecule has 1 N–H and O–H groups in total. The highest BCUT2D eigenvalue weighted by atomic mass is 35.5. The van der Waals surface area contributed by atoms with Crippen LogP contribution in [0.15, 0.2) is 18.2 Å². The summed E-state index contributed by atoms with van der Waals surface area (Å²) in [4.78, 5) is 22.4. The van der Waals surface area contributed by atoms with Gasteiger partial charge in [-0.25, -0.2) is 0 Å². The van der Waals surface area contributed by atoms with Crippen LogP contribution in [0.1, 0.15) is 17.9 Å². The van der Waals surface area contributed by atoms with E-state index in [4.69, 9.17) is 23.2 Å². The number of carbonyl (C=O) groups is 2. The molecule has 2 rings (SSSR count). The van der Waals surface area contributed by atoms with Gasteiger partial charge in [0.1, 0.15) is 0 Å². The maximum absolute atomic E-state index is 11.4. The van der Waals surface area contributed by atoms with E-state index in [0.717, 1.165) is 0 Å². The van der Waals surface area contributed by atoms with E-state index in [2.05, 4.69) is 5.32 Å². The summed E-state index contributed by atoms with van der Waals surface area (Å²) in [6, 6.07) is 4.88. The minimum absolute atomic E-state index is 0.138. The molecule has 1 heterocycles. The molecule has 1 aliphatic rings. The van der Waals surface area contributed by atoms with Gasteiger partial charge in [-0.15, -0.1) is 0 Å². The highest BCUT2D eigenvalue weighted by molar-refractivity contribution is 6.34. The van der Waals surface area contributed by atoms with Gasteiger partial charge in [-0.05, 0) is 23.8 Å². The van der Waals surface area contributed by atoms with Crippen LogP contribution in [0.2, 0.25) is 10.0 Å². The van der Waals surface area contributed by atoms with E-state index in [1.54, 1.807) is 18.2 Å². The average molecular weight is 244 g/mol. The summed E-state index contributed by atoms with van der Waals surface area (Å²) in [7, 11) is 0. The lowest BCUT2D eigenvalue weighted by atomic mass is 9.98. The Hall–Kier alpha value is -1.06. The fraction of sp³-hybridized carbons (Fsp3) is 0.200. The summed E-state index contributed by atoms with van der Waals surface area (Å²) in [6.07, 6.45) is 0.138. The summed E-state index contributed by atoms with van der Waals surface area (Å²) in [5.74, 6) is -1.10. The van der Waals surface area contributed by atoms with Crippen molar-refractivity contribution in [3.05, 3.63) is 33.8 Å². The maximum atomic E-state index is 11.4. The number of benzene rings is 1. The number of halogens is 2. The molecule has 1 saturated heterocycles. The standard InChI is InChI=1S/C10H7Cl2NO2/c11-5-1-2-8(12)6(3-5)7-4-9(14)13-10(7)15/h1-3,7H,4H2,(H,13,14,15). The number of hydrogen-bond acceptors (Lipinski definition) is 2. The molecule has 1 fully saturated rings. The number of amides is 2. The molecule has 0 saturated carbocycles.